The topological polar surface area (TPSA) is 50.2 Å². The highest BCUT2D eigenvalue weighted by Gasteiger charge is 2.25. The Morgan fingerprint density at radius 1 is 1.42 bits per heavy atom. The van der Waals surface area contributed by atoms with Crippen LogP contribution in [-0.2, 0) is 18.4 Å². The van der Waals surface area contributed by atoms with Crippen molar-refractivity contribution < 1.29 is 4.79 Å². The zero-order chi connectivity index (χ0) is 13.4. The van der Waals surface area contributed by atoms with E-state index in [0.29, 0.717) is 6.54 Å². The average Bonchev–Trinajstić information content (AvgIpc) is 2.73. The van der Waals surface area contributed by atoms with E-state index in [-0.39, 0.29) is 11.9 Å². The summed E-state index contributed by atoms with van der Waals surface area (Å²) in [4.78, 5) is 14.0. The van der Waals surface area contributed by atoms with Gasteiger partial charge in [0.05, 0.1) is 23.8 Å². The third-order valence-electron chi connectivity index (χ3n) is 3.69. The quantitative estimate of drug-likeness (QED) is 0.870. The van der Waals surface area contributed by atoms with E-state index >= 15 is 0 Å². The fraction of sp³-hybridized carbons (Fsp3) is 0.429. The molecule has 19 heavy (non-hydrogen) atoms. The smallest absolute Gasteiger partial charge is 0.239 e. The van der Waals surface area contributed by atoms with Gasteiger partial charge in [0, 0.05) is 25.5 Å². The number of hydrogen-bond acceptors (Lipinski definition) is 3. The zero-order valence-corrected chi connectivity index (χ0v) is 11.3. The van der Waals surface area contributed by atoms with Crippen LogP contribution in [0.15, 0.2) is 24.3 Å². The Labute approximate surface area is 112 Å². The molecule has 1 saturated heterocycles. The lowest BCUT2D eigenvalue weighted by Gasteiger charge is -2.31. The number of carbonyl (C=O) groups excluding carboxylic acids is 1. The van der Waals surface area contributed by atoms with Crippen LogP contribution >= 0.6 is 0 Å². The second-order valence-electron chi connectivity index (χ2n) is 5.02. The standard InChI is InChI=1S/C14H18N4O/c1-10-14(19)18(8-7-15-10)9-12-11-5-3-4-6-13(11)17(2)16-12/h3-6,10,15H,7-9H2,1-2H3. The number of piperazine rings is 1. The van der Waals surface area contributed by atoms with Gasteiger partial charge in [0.2, 0.25) is 5.91 Å². The van der Waals surface area contributed by atoms with Crippen LogP contribution in [0.25, 0.3) is 10.9 Å². The molecule has 0 radical (unpaired) electrons. The first-order valence-electron chi connectivity index (χ1n) is 6.59. The molecule has 0 saturated carbocycles. The fourth-order valence-corrected chi connectivity index (χ4v) is 2.63. The van der Waals surface area contributed by atoms with Crippen LogP contribution in [0.5, 0.6) is 0 Å². The number of amides is 1. The highest BCUT2D eigenvalue weighted by molar-refractivity contribution is 5.84. The summed E-state index contributed by atoms with van der Waals surface area (Å²) in [5.74, 6) is 0.154. The molecule has 0 bridgehead atoms. The Bertz CT molecular complexity index is 619. The highest BCUT2D eigenvalue weighted by Crippen LogP contribution is 2.19. The number of hydrogen-bond donors (Lipinski definition) is 1. The van der Waals surface area contributed by atoms with Gasteiger partial charge in [0.25, 0.3) is 0 Å². The molecule has 1 unspecified atom stereocenters. The number of aromatic nitrogens is 2. The second kappa shape index (κ2) is 4.66. The predicted octanol–water partition coefficient (Wildman–Crippen LogP) is 0.894. The van der Waals surface area contributed by atoms with Crippen molar-refractivity contribution in [1.29, 1.82) is 0 Å². The maximum Gasteiger partial charge on any atom is 0.239 e. The molecule has 2 aromatic rings. The van der Waals surface area contributed by atoms with E-state index in [9.17, 15) is 4.79 Å². The summed E-state index contributed by atoms with van der Waals surface area (Å²) >= 11 is 0. The molecule has 0 spiro atoms. The Hall–Kier alpha value is -1.88. The van der Waals surface area contributed by atoms with Gasteiger partial charge in [-0.3, -0.25) is 9.48 Å². The summed E-state index contributed by atoms with van der Waals surface area (Å²) in [5.41, 5.74) is 2.08. The van der Waals surface area contributed by atoms with Crippen molar-refractivity contribution in [2.24, 2.45) is 7.05 Å². The number of carbonyl (C=O) groups is 1. The van der Waals surface area contributed by atoms with E-state index in [0.717, 1.165) is 29.7 Å². The van der Waals surface area contributed by atoms with E-state index in [2.05, 4.69) is 16.5 Å². The van der Waals surface area contributed by atoms with E-state index in [1.807, 2.05) is 41.8 Å². The van der Waals surface area contributed by atoms with Gasteiger partial charge in [-0.2, -0.15) is 5.10 Å². The molecular weight excluding hydrogens is 240 g/mol. The third kappa shape index (κ3) is 2.10. The number of aryl methyl sites for hydroxylation is 1. The summed E-state index contributed by atoms with van der Waals surface area (Å²) in [7, 11) is 1.94. The summed E-state index contributed by atoms with van der Waals surface area (Å²) in [5, 5.41) is 8.85. The van der Waals surface area contributed by atoms with Crippen molar-refractivity contribution in [3.63, 3.8) is 0 Å². The normalized spacial score (nSPS) is 20.2. The van der Waals surface area contributed by atoms with Gasteiger partial charge in [0.1, 0.15) is 0 Å². The van der Waals surface area contributed by atoms with Gasteiger partial charge < -0.3 is 10.2 Å². The molecular formula is C14H18N4O. The Kier molecular flexibility index (Phi) is 2.98. The van der Waals surface area contributed by atoms with Crippen LogP contribution in [0.2, 0.25) is 0 Å². The van der Waals surface area contributed by atoms with Crippen LogP contribution in [0.3, 0.4) is 0 Å². The van der Waals surface area contributed by atoms with Crippen LogP contribution in [0.4, 0.5) is 0 Å². The Morgan fingerprint density at radius 2 is 2.21 bits per heavy atom. The number of fused-ring (bicyclic) bond motifs is 1. The first-order chi connectivity index (χ1) is 9.16. The van der Waals surface area contributed by atoms with Gasteiger partial charge >= 0.3 is 0 Å². The molecule has 1 atom stereocenters. The lowest BCUT2D eigenvalue weighted by atomic mass is 10.1. The Morgan fingerprint density at radius 3 is 3.05 bits per heavy atom. The van der Waals surface area contributed by atoms with E-state index in [1.54, 1.807) is 0 Å². The van der Waals surface area contributed by atoms with Gasteiger partial charge in [-0.25, -0.2) is 0 Å². The minimum atomic E-state index is -0.0938. The van der Waals surface area contributed by atoms with Gasteiger partial charge in [0.15, 0.2) is 0 Å². The van der Waals surface area contributed by atoms with Crippen molar-refractivity contribution in [1.82, 2.24) is 20.0 Å². The number of para-hydroxylation sites is 1. The first-order valence-corrected chi connectivity index (χ1v) is 6.59. The molecule has 3 rings (SSSR count). The van der Waals surface area contributed by atoms with Gasteiger partial charge in [-0.15, -0.1) is 0 Å². The zero-order valence-electron chi connectivity index (χ0n) is 11.3. The predicted molar refractivity (Wildman–Crippen MR) is 73.6 cm³/mol. The molecule has 2 heterocycles. The van der Waals surface area contributed by atoms with Crippen molar-refractivity contribution in [3.8, 4) is 0 Å². The van der Waals surface area contributed by atoms with E-state index in [1.165, 1.54) is 0 Å². The molecule has 1 amide bonds. The number of nitrogens with zero attached hydrogens (tertiary/aromatic N) is 3. The molecule has 1 N–H and O–H groups in total. The Balaban J connectivity index is 1.91. The first kappa shape index (κ1) is 12.2. The third-order valence-corrected chi connectivity index (χ3v) is 3.69. The molecule has 1 fully saturated rings. The number of nitrogens with one attached hydrogen (secondary N) is 1. The van der Waals surface area contributed by atoms with Crippen molar-refractivity contribution in [2.75, 3.05) is 13.1 Å². The second-order valence-corrected chi connectivity index (χ2v) is 5.02. The molecule has 0 aliphatic carbocycles. The fourth-order valence-electron chi connectivity index (χ4n) is 2.63. The van der Waals surface area contributed by atoms with E-state index in [4.69, 9.17) is 0 Å². The van der Waals surface area contributed by atoms with Crippen molar-refractivity contribution in [2.45, 2.75) is 19.5 Å². The monoisotopic (exact) mass is 258 g/mol. The minimum Gasteiger partial charge on any atom is -0.334 e. The van der Waals surface area contributed by atoms with Gasteiger partial charge in [-0.1, -0.05) is 18.2 Å². The molecule has 1 aliphatic heterocycles. The highest BCUT2D eigenvalue weighted by atomic mass is 16.2. The molecule has 5 nitrogen and oxygen atoms in total. The summed E-state index contributed by atoms with van der Waals surface area (Å²) in [6.07, 6.45) is 0. The SMILES string of the molecule is CC1NCCN(Cc2nn(C)c3ccccc23)C1=O. The summed E-state index contributed by atoms with van der Waals surface area (Å²) in [6, 6.07) is 8.03. The molecule has 1 aromatic heterocycles. The number of benzene rings is 1. The number of rotatable bonds is 2. The largest absolute Gasteiger partial charge is 0.334 e. The lowest BCUT2D eigenvalue weighted by Crippen LogP contribution is -2.53. The molecule has 100 valence electrons. The van der Waals surface area contributed by atoms with Crippen molar-refractivity contribution in [3.05, 3.63) is 30.0 Å². The molecule has 1 aliphatic rings. The summed E-state index contributed by atoms with van der Waals surface area (Å²) < 4.78 is 1.88. The van der Waals surface area contributed by atoms with Crippen LogP contribution in [0.1, 0.15) is 12.6 Å². The van der Waals surface area contributed by atoms with Crippen LogP contribution < -0.4 is 5.32 Å². The van der Waals surface area contributed by atoms with Crippen LogP contribution in [-0.4, -0.2) is 39.7 Å². The lowest BCUT2D eigenvalue weighted by molar-refractivity contribution is -0.135. The average molecular weight is 258 g/mol. The van der Waals surface area contributed by atoms with E-state index < -0.39 is 0 Å². The molecule has 5 heteroatoms. The maximum absolute atomic E-state index is 12.1. The van der Waals surface area contributed by atoms with Crippen molar-refractivity contribution >= 4 is 16.8 Å². The summed E-state index contributed by atoms with van der Waals surface area (Å²) in [6.45, 7) is 4.09. The minimum absolute atomic E-state index is 0.0938. The van der Waals surface area contributed by atoms with Crippen LogP contribution in [0, 0.1) is 0 Å². The molecule has 1 aromatic carbocycles. The maximum atomic E-state index is 12.1. The van der Waals surface area contributed by atoms with Gasteiger partial charge in [-0.05, 0) is 13.0 Å².